The second kappa shape index (κ2) is 18.4. The lowest BCUT2D eigenvalue weighted by atomic mass is 9.89. The van der Waals surface area contributed by atoms with E-state index in [1.54, 1.807) is 12.1 Å². The molecule has 6 heterocycles. The van der Waals surface area contributed by atoms with Gasteiger partial charge in [0, 0.05) is 51.4 Å². The van der Waals surface area contributed by atoms with Crippen LogP contribution in [0.1, 0.15) is 49.1 Å². The third-order valence-electron chi connectivity index (χ3n) is 12.3. The Kier molecular flexibility index (Phi) is 12.3. The van der Waals surface area contributed by atoms with Gasteiger partial charge in [-0.05, 0) is 92.7 Å². The van der Waals surface area contributed by atoms with Crippen molar-refractivity contribution in [3.05, 3.63) is 100 Å². The lowest BCUT2D eigenvalue weighted by Gasteiger charge is -2.37. The number of carbonyl (C=O) groups is 3. The Hall–Kier alpha value is -7.09. The first-order valence-corrected chi connectivity index (χ1v) is 22.9. The normalized spacial score (nSPS) is 18.7. The largest absolute Gasteiger partial charge is 0.453 e. The zero-order valence-electron chi connectivity index (χ0n) is 35.5. The summed E-state index contributed by atoms with van der Waals surface area (Å²) in [6, 6.07) is 12.5. The summed E-state index contributed by atoms with van der Waals surface area (Å²) in [5.74, 6) is -2.09. The molecule has 66 heavy (non-hydrogen) atoms. The van der Waals surface area contributed by atoms with E-state index in [0.29, 0.717) is 106 Å². The van der Waals surface area contributed by atoms with Crippen molar-refractivity contribution in [3.8, 4) is 23.3 Å². The van der Waals surface area contributed by atoms with Gasteiger partial charge < -0.3 is 19.9 Å². The van der Waals surface area contributed by atoms with Crippen LogP contribution in [0.4, 0.5) is 26.1 Å². The SMILES string of the molecule is N#Cc1c(NS(=O)(=O)N2CCC2)ccc(F)c1Oc1ccc2ncn(-c3cnc(N4CCN(C(=O)CN5CCC(c6ccc(N[C@@H]7CCC(=O)NC7=O)cc6F)CC5)CC4)nc3)c(=O)c2c1. The Morgan fingerprint density at radius 3 is 2.33 bits per heavy atom. The minimum Gasteiger partial charge on any atom is -0.453 e. The number of piperazine rings is 1. The van der Waals surface area contributed by atoms with E-state index in [9.17, 15) is 32.9 Å². The number of nitriles is 1. The van der Waals surface area contributed by atoms with E-state index >= 15 is 8.78 Å². The molecule has 5 aromatic rings. The standard InChI is InChI=1S/C44H44F2N12O7S/c45-34-5-7-37(53-66(63,64)57-12-1-13-57)33(22-47)41(34)65-30-3-6-36-32(21-30)43(62)58(26-50-36)29-23-48-44(49-24-29)56-18-16-55(17-19-56)40(60)25-54-14-10-27(11-15-54)31-4-2-28(20-35(31)46)51-38-8-9-39(59)52-42(38)61/h2-7,20-21,23-24,26-27,38,51,53H,1,8-19,25H2,(H,52,59,61)/t38-/m1/s1. The molecule has 4 aliphatic rings. The molecular formula is C44H44F2N12O7S. The number of fused-ring (bicyclic) bond motifs is 1. The molecule has 0 bridgehead atoms. The Labute approximate surface area is 377 Å². The summed E-state index contributed by atoms with van der Waals surface area (Å²) in [4.78, 5) is 69.9. The van der Waals surface area contributed by atoms with E-state index in [2.05, 4.69) is 35.2 Å². The van der Waals surface area contributed by atoms with Gasteiger partial charge in [0.25, 0.3) is 5.56 Å². The van der Waals surface area contributed by atoms with Gasteiger partial charge in [0.2, 0.25) is 23.7 Å². The predicted octanol–water partition coefficient (Wildman–Crippen LogP) is 3.23. The quantitative estimate of drug-likeness (QED) is 0.153. The van der Waals surface area contributed by atoms with E-state index in [4.69, 9.17) is 4.74 Å². The lowest BCUT2D eigenvalue weighted by molar-refractivity contribution is -0.134. The predicted molar refractivity (Wildman–Crippen MR) is 236 cm³/mol. The number of nitrogens with zero attached hydrogens (tertiary/aromatic N) is 9. The van der Waals surface area contributed by atoms with Crippen molar-refractivity contribution in [1.29, 1.82) is 5.26 Å². The highest BCUT2D eigenvalue weighted by Gasteiger charge is 2.31. The number of benzene rings is 3. The van der Waals surface area contributed by atoms with Crippen LogP contribution in [0.25, 0.3) is 16.6 Å². The maximum atomic E-state index is 15.2. The van der Waals surface area contributed by atoms with Gasteiger partial charge in [-0.3, -0.25) is 38.7 Å². The molecule has 0 radical (unpaired) electrons. The van der Waals surface area contributed by atoms with E-state index in [1.807, 2.05) is 15.9 Å². The van der Waals surface area contributed by atoms with E-state index < -0.39 is 39.3 Å². The minimum atomic E-state index is -3.96. The molecule has 1 atom stereocenters. The van der Waals surface area contributed by atoms with Crippen molar-refractivity contribution < 1.29 is 36.3 Å². The highest BCUT2D eigenvalue weighted by molar-refractivity contribution is 7.90. The third kappa shape index (κ3) is 9.22. The Balaban J connectivity index is 0.779. The molecular weight excluding hydrogens is 879 g/mol. The van der Waals surface area contributed by atoms with Gasteiger partial charge in [-0.25, -0.2) is 23.7 Å². The average Bonchev–Trinajstić information content (AvgIpc) is 3.28. The van der Waals surface area contributed by atoms with E-state index in [0.717, 1.165) is 12.1 Å². The van der Waals surface area contributed by atoms with Crippen molar-refractivity contribution in [3.63, 3.8) is 0 Å². The van der Waals surface area contributed by atoms with Gasteiger partial charge in [-0.2, -0.15) is 18.0 Å². The number of amides is 3. The number of hydrogen-bond acceptors (Lipinski definition) is 14. The molecule has 19 nitrogen and oxygen atoms in total. The number of piperidine rings is 2. The topological polar surface area (TPSA) is 228 Å². The summed E-state index contributed by atoms with van der Waals surface area (Å²) in [5, 5.41) is 15.3. The summed E-state index contributed by atoms with van der Waals surface area (Å²) < 4.78 is 66.3. The van der Waals surface area contributed by atoms with Crippen LogP contribution in [0.2, 0.25) is 0 Å². The maximum absolute atomic E-state index is 15.2. The second-order valence-electron chi connectivity index (χ2n) is 16.5. The fourth-order valence-corrected chi connectivity index (χ4v) is 9.80. The number of aromatic nitrogens is 4. The van der Waals surface area contributed by atoms with Gasteiger partial charge in [0.05, 0.1) is 41.2 Å². The smallest absolute Gasteiger partial charge is 0.301 e. The average molecular weight is 923 g/mol. The van der Waals surface area contributed by atoms with Crippen LogP contribution in [-0.2, 0) is 24.6 Å². The summed E-state index contributed by atoms with van der Waals surface area (Å²) >= 11 is 0. The molecule has 22 heteroatoms. The number of anilines is 3. The second-order valence-corrected chi connectivity index (χ2v) is 18.2. The number of hydrogen-bond donors (Lipinski definition) is 3. The van der Waals surface area contributed by atoms with E-state index in [-0.39, 0.29) is 58.9 Å². The number of nitrogens with one attached hydrogen (secondary N) is 3. The molecule has 2 aromatic heterocycles. The highest BCUT2D eigenvalue weighted by Crippen LogP contribution is 2.35. The number of halogens is 2. The van der Waals surface area contributed by atoms with Crippen molar-refractivity contribution >= 4 is 56.2 Å². The number of likely N-dealkylation sites (tertiary alicyclic amines) is 1. The summed E-state index contributed by atoms with van der Waals surface area (Å²) in [5.41, 5.74) is 0.690. The monoisotopic (exact) mass is 922 g/mol. The van der Waals surface area contributed by atoms with Gasteiger partial charge in [0.15, 0.2) is 11.6 Å². The van der Waals surface area contributed by atoms with Gasteiger partial charge >= 0.3 is 10.2 Å². The first kappa shape index (κ1) is 44.1. The molecule has 0 unspecified atom stereocenters. The van der Waals surface area contributed by atoms with Crippen LogP contribution in [-0.4, -0.2) is 125 Å². The maximum Gasteiger partial charge on any atom is 0.301 e. The Morgan fingerprint density at radius 1 is 0.894 bits per heavy atom. The van der Waals surface area contributed by atoms with Crippen LogP contribution < -0.4 is 30.6 Å². The number of rotatable bonds is 12. The Morgan fingerprint density at radius 2 is 1.65 bits per heavy atom. The molecule has 4 saturated heterocycles. The van der Waals surface area contributed by atoms with Crippen molar-refractivity contribution in [2.24, 2.45) is 0 Å². The van der Waals surface area contributed by atoms with Crippen molar-refractivity contribution in [2.75, 3.05) is 73.8 Å². The molecule has 3 amide bonds. The fraction of sp³-hybridized carbons (Fsp3) is 0.364. The zero-order valence-corrected chi connectivity index (χ0v) is 36.3. The van der Waals surface area contributed by atoms with E-state index in [1.165, 1.54) is 51.9 Å². The van der Waals surface area contributed by atoms with Crippen LogP contribution in [0.5, 0.6) is 11.5 Å². The first-order chi connectivity index (χ1) is 31.8. The summed E-state index contributed by atoms with van der Waals surface area (Å²) in [6.07, 6.45) is 6.96. The number of imide groups is 1. The van der Waals surface area contributed by atoms with Crippen LogP contribution in [0, 0.1) is 23.0 Å². The molecule has 0 saturated carbocycles. The van der Waals surface area contributed by atoms with Gasteiger partial charge in [-0.15, -0.1) is 0 Å². The van der Waals surface area contributed by atoms with Gasteiger partial charge in [-0.1, -0.05) is 6.07 Å². The highest BCUT2D eigenvalue weighted by atomic mass is 32.2. The molecule has 0 aliphatic carbocycles. The van der Waals surface area contributed by atoms with Crippen LogP contribution >= 0.6 is 0 Å². The number of ether oxygens (including phenoxy) is 1. The molecule has 9 rings (SSSR count). The first-order valence-electron chi connectivity index (χ1n) is 21.5. The Bertz CT molecular complexity index is 2930. The summed E-state index contributed by atoms with van der Waals surface area (Å²) in [6.45, 7) is 4.09. The number of carbonyl (C=O) groups excluding carboxylic acids is 3. The van der Waals surface area contributed by atoms with Crippen molar-refractivity contribution in [1.82, 2.24) is 38.9 Å². The summed E-state index contributed by atoms with van der Waals surface area (Å²) in [7, 11) is -3.96. The molecule has 342 valence electrons. The van der Waals surface area contributed by atoms with Crippen LogP contribution in [0.3, 0.4) is 0 Å². The molecule has 4 aliphatic heterocycles. The molecule has 3 N–H and O–H groups in total. The molecule has 3 aromatic carbocycles. The fourth-order valence-electron chi connectivity index (χ4n) is 8.48. The minimum absolute atomic E-state index is 0.00416. The third-order valence-corrected chi connectivity index (χ3v) is 13.9. The lowest BCUT2D eigenvalue weighted by Crippen LogP contribution is -2.52. The van der Waals surface area contributed by atoms with Gasteiger partial charge in [0.1, 0.15) is 35.6 Å². The van der Waals surface area contributed by atoms with Crippen molar-refractivity contribution in [2.45, 2.75) is 44.1 Å². The van der Waals surface area contributed by atoms with Crippen LogP contribution in [0.15, 0.2) is 72.0 Å². The molecule has 0 spiro atoms. The zero-order chi connectivity index (χ0) is 46.1. The molecule has 4 fully saturated rings.